The molecule has 0 bridgehead atoms. The predicted octanol–water partition coefficient (Wildman–Crippen LogP) is 3.69. The van der Waals surface area contributed by atoms with Gasteiger partial charge >= 0.3 is 0 Å². The zero-order chi connectivity index (χ0) is 11.2. The van der Waals surface area contributed by atoms with Crippen LogP contribution in [0.3, 0.4) is 0 Å². The highest BCUT2D eigenvalue weighted by atomic mass is 16.5. The van der Waals surface area contributed by atoms with Crippen LogP contribution in [0.5, 0.6) is 0 Å². The Balaban J connectivity index is 4.49. The Kier molecular flexibility index (Phi) is 5.21. The van der Waals surface area contributed by atoms with Gasteiger partial charge in [-0.25, -0.2) is 0 Å². The van der Waals surface area contributed by atoms with Gasteiger partial charge in [-0.1, -0.05) is 18.6 Å². The van der Waals surface area contributed by atoms with Crippen LogP contribution in [-0.4, -0.2) is 11.8 Å². The Morgan fingerprint density at radius 3 is 2.21 bits per heavy atom. The topological polar surface area (TPSA) is 33.1 Å². The molecule has 80 valence electrons. The number of ether oxygens (including phenoxy) is 1. The molecule has 0 rings (SSSR count). The fourth-order valence-corrected chi connectivity index (χ4v) is 0.807. The Hall–Kier alpha value is -1.05. The smallest absolute Gasteiger partial charge is 0.137 e. The highest BCUT2D eigenvalue weighted by Gasteiger charge is 2.11. The molecule has 0 aliphatic carbocycles. The molecular formula is C12H21NO. The summed E-state index contributed by atoms with van der Waals surface area (Å²) in [5.74, 6) is 0.602. The fraction of sp³-hybridized carbons (Fsp3) is 0.583. The second-order valence-electron chi connectivity index (χ2n) is 4.29. The van der Waals surface area contributed by atoms with Gasteiger partial charge in [0.05, 0.1) is 6.21 Å². The van der Waals surface area contributed by atoms with E-state index in [1.54, 1.807) is 0 Å². The van der Waals surface area contributed by atoms with E-state index in [2.05, 4.69) is 13.8 Å². The first-order valence-corrected chi connectivity index (χ1v) is 4.96. The van der Waals surface area contributed by atoms with Crippen molar-refractivity contribution in [1.82, 2.24) is 0 Å². The maximum Gasteiger partial charge on any atom is 0.137 e. The predicted molar refractivity (Wildman–Crippen MR) is 61.8 cm³/mol. The van der Waals surface area contributed by atoms with Crippen LogP contribution in [0.1, 0.15) is 41.0 Å². The van der Waals surface area contributed by atoms with Crippen molar-refractivity contribution in [3.63, 3.8) is 0 Å². The van der Waals surface area contributed by atoms with E-state index in [9.17, 15) is 0 Å². The van der Waals surface area contributed by atoms with Gasteiger partial charge in [0.1, 0.15) is 11.4 Å². The molecule has 0 saturated heterocycles. The van der Waals surface area contributed by atoms with E-state index < -0.39 is 0 Å². The van der Waals surface area contributed by atoms with E-state index in [4.69, 9.17) is 10.1 Å². The van der Waals surface area contributed by atoms with Gasteiger partial charge in [-0.05, 0) is 40.2 Å². The molecule has 0 atom stereocenters. The summed E-state index contributed by atoms with van der Waals surface area (Å²) in [4.78, 5) is 0. The highest BCUT2D eigenvalue weighted by molar-refractivity contribution is 5.73. The Bertz CT molecular complexity index is 244. The maximum atomic E-state index is 7.19. The molecule has 0 spiro atoms. The van der Waals surface area contributed by atoms with Gasteiger partial charge in [-0.2, -0.15) is 0 Å². The number of allylic oxidation sites excluding steroid dienone is 4. The lowest BCUT2D eigenvalue weighted by Crippen LogP contribution is -2.18. The molecule has 0 radical (unpaired) electrons. The maximum absolute atomic E-state index is 7.19. The first-order chi connectivity index (χ1) is 6.39. The van der Waals surface area contributed by atoms with E-state index in [1.165, 1.54) is 11.8 Å². The van der Waals surface area contributed by atoms with Gasteiger partial charge in [0, 0.05) is 0 Å². The SMILES string of the molecule is CCC(C)=CC=C(C=N)OC(C)(C)C. The van der Waals surface area contributed by atoms with Gasteiger partial charge in [0.15, 0.2) is 0 Å². The first-order valence-electron chi connectivity index (χ1n) is 4.96. The van der Waals surface area contributed by atoms with Crippen LogP contribution in [0.25, 0.3) is 0 Å². The van der Waals surface area contributed by atoms with Crippen molar-refractivity contribution < 1.29 is 4.74 Å². The molecular weight excluding hydrogens is 174 g/mol. The van der Waals surface area contributed by atoms with Crippen LogP contribution in [-0.2, 0) is 4.74 Å². The second-order valence-corrected chi connectivity index (χ2v) is 4.29. The zero-order valence-electron chi connectivity index (χ0n) is 9.85. The summed E-state index contributed by atoms with van der Waals surface area (Å²) in [5.41, 5.74) is 1.04. The van der Waals surface area contributed by atoms with E-state index >= 15 is 0 Å². The minimum atomic E-state index is -0.239. The van der Waals surface area contributed by atoms with Crippen LogP contribution in [0.4, 0.5) is 0 Å². The molecule has 0 aromatic carbocycles. The third-order valence-electron chi connectivity index (χ3n) is 1.66. The summed E-state index contributed by atoms with van der Waals surface area (Å²) in [7, 11) is 0. The van der Waals surface area contributed by atoms with Crippen LogP contribution in [0, 0.1) is 5.41 Å². The van der Waals surface area contributed by atoms with Crippen LogP contribution >= 0.6 is 0 Å². The number of rotatable bonds is 4. The summed E-state index contributed by atoms with van der Waals surface area (Å²) in [6, 6.07) is 0. The van der Waals surface area contributed by atoms with Gasteiger partial charge in [-0.3, -0.25) is 0 Å². The third-order valence-corrected chi connectivity index (χ3v) is 1.66. The molecule has 14 heavy (non-hydrogen) atoms. The summed E-state index contributed by atoms with van der Waals surface area (Å²) in [6.45, 7) is 10.1. The molecule has 0 aliphatic rings. The molecule has 0 amide bonds. The normalized spacial score (nSPS) is 14.1. The average Bonchev–Trinajstić information content (AvgIpc) is 2.09. The first kappa shape index (κ1) is 12.9. The highest BCUT2D eigenvalue weighted by Crippen LogP contribution is 2.12. The monoisotopic (exact) mass is 195 g/mol. The lowest BCUT2D eigenvalue weighted by Gasteiger charge is -2.21. The summed E-state index contributed by atoms with van der Waals surface area (Å²) in [5, 5.41) is 7.19. The lowest BCUT2D eigenvalue weighted by atomic mass is 10.2. The minimum Gasteiger partial charge on any atom is -0.487 e. The zero-order valence-corrected chi connectivity index (χ0v) is 9.85. The largest absolute Gasteiger partial charge is 0.487 e. The molecule has 0 aliphatic heterocycles. The van der Waals surface area contributed by atoms with Crippen molar-refractivity contribution in [1.29, 1.82) is 5.41 Å². The van der Waals surface area contributed by atoms with Gasteiger partial charge in [0.2, 0.25) is 0 Å². The van der Waals surface area contributed by atoms with E-state index in [0.717, 1.165) is 6.42 Å². The quantitative estimate of drug-likeness (QED) is 0.414. The second kappa shape index (κ2) is 5.63. The molecule has 2 nitrogen and oxygen atoms in total. The summed E-state index contributed by atoms with van der Waals surface area (Å²) >= 11 is 0. The summed E-state index contributed by atoms with van der Waals surface area (Å²) < 4.78 is 5.56. The third kappa shape index (κ3) is 6.46. The molecule has 0 fully saturated rings. The van der Waals surface area contributed by atoms with Crippen molar-refractivity contribution in [2.24, 2.45) is 0 Å². The number of hydrogen-bond acceptors (Lipinski definition) is 2. The molecule has 1 N–H and O–H groups in total. The molecule has 0 aromatic rings. The van der Waals surface area contributed by atoms with Crippen molar-refractivity contribution in [2.75, 3.05) is 0 Å². The average molecular weight is 195 g/mol. The van der Waals surface area contributed by atoms with Crippen LogP contribution in [0.2, 0.25) is 0 Å². The standard InChI is InChI=1S/C12H21NO/c1-6-10(2)7-8-11(9-13)14-12(3,4)5/h7-9,13H,6H2,1-5H3. The minimum absolute atomic E-state index is 0.239. The van der Waals surface area contributed by atoms with Gasteiger partial charge in [-0.15, -0.1) is 0 Å². The van der Waals surface area contributed by atoms with Gasteiger partial charge < -0.3 is 10.1 Å². The van der Waals surface area contributed by atoms with Crippen molar-refractivity contribution >= 4 is 6.21 Å². The van der Waals surface area contributed by atoms with Crippen molar-refractivity contribution in [3.05, 3.63) is 23.5 Å². The van der Waals surface area contributed by atoms with E-state index in [-0.39, 0.29) is 5.60 Å². The number of hydrogen-bond donors (Lipinski definition) is 1. The lowest BCUT2D eigenvalue weighted by molar-refractivity contribution is 0.0652. The molecule has 0 saturated carbocycles. The van der Waals surface area contributed by atoms with Crippen molar-refractivity contribution in [2.45, 2.75) is 46.6 Å². The Morgan fingerprint density at radius 1 is 1.29 bits per heavy atom. The molecule has 0 unspecified atom stereocenters. The Labute approximate surface area is 87.2 Å². The fourth-order valence-electron chi connectivity index (χ4n) is 0.807. The molecule has 0 heterocycles. The molecule has 0 aromatic heterocycles. The molecule has 2 heteroatoms. The van der Waals surface area contributed by atoms with E-state index in [1.807, 2.05) is 32.9 Å². The summed E-state index contributed by atoms with van der Waals surface area (Å²) in [6.07, 6.45) is 6.10. The Morgan fingerprint density at radius 2 is 1.86 bits per heavy atom. The van der Waals surface area contributed by atoms with Crippen molar-refractivity contribution in [3.8, 4) is 0 Å². The van der Waals surface area contributed by atoms with Gasteiger partial charge in [0.25, 0.3) is 0 Å². The van der Waals surface area contributed by atoms with Crippen LogP contribution in [0.15, 0.2) is 23.5 Å². The van der Waals surface area contributed by atoms with E-state index in [0.29, 0.717) is 5.76 Å². The number of nitrogens with one attached hydrogen (secondary N) is 1. The van der Waals surface area contributed by atoms with Crippen LogP contribution < -0.4 is 0 Å².